The van der Waals surface area contributed by atoms with Crippen LogP contribution in [0.15, 0.2) is 65.6 Å². The highest BCUT2D eigenvalue weighted by Crippen LogP contribution is 2.50. The molecule has 1 unspecified atom stereocenters. The fraction of sp³-hybridized carbons (Fsp3) is 0.296. The van der Waals surface area contributed by atoms with Gasteiger partial charge in [-0.15, -0.1) is 11.8 Å². The second-order valence-electron chi connectivity index (χ2n) is 9.17. The highest BCUT2D eigenvalue weighted by atomic mass is 32.2. The lowest BCUT2D eigenvalue weighted by Gasteiger charge is -2.33. The number of fused-ring (bicyclic) bond motifs is 1. The Kier molecular flexibility index (Phi) is 7.76. The predicted molar refractivity (Wildman–Crippen MR) is 134 cm³/mol. The summed E-state index contributed by atoms with van der Waals surface area (Å²) in [6.45, 7) is 0.676. The van der Waals surface area contributed by atoms with Gasteiger partial charge in [0.2, 0.25) is 5.91 Å². The van der Waals surface area contributed by atoms with Crippen LogP contribution in [0.1, 0.15) is 22.7 Å². The van der Waals surface area contributed by atoms with Crippen molar-refractivity contribution in [1.82, 2.24) is 4.90 Å². The molecule has 0 aliphatic carbocycles. The third-order valence-corrected chi connectivity index (χ3v) is 7.46. The first kappa shape index (κ1) is 28.9. The van der Waals surface area contributed by atoms with Crippen molar-refractivity contribution < 1.29 is 40.6 Å². The van der Waals surface area contributed by atoms with E-state index >= 15 is 0 Å². The molecule has 1 aliphatic rings. The fourth-order valence-corrected chi connectivity index (χ4v) is 5.07. The maximum atomic E-state index is 14.7. The average molecular weight is 573 g/mol. The van der Waals surface area contributed by atoms with Crippen LogP contribution < -0.4 is 5.32 Å². The summed E-state index contributed by atoms with van der Waals surface area (Å²) >= 11 is 1.61. The van der Waals surface area contributed by atoms with Gasteiger partial charge in [-0.25, -0.2) is 4.39 Å². The number of halogens is 7. The van der Waals surface area contributed by atoms with Gasteiger partial charge in [0, 0.05) is 28.3 Å². The number of amides is 1. The van der Waals surface area contributed by atoms with Crippen LogP contribution in [-0.2, 0) is 16.8 Å². The molecule has 0 aromatic heterocycles. The molecule has 4 rings (SSSR count). The van der Waals surface area contributed by atoms with E-state index in [0.717, 1.165) is 28.5 Å². The van der Waals surface area contributed by atoms with Crippen LogP contribution in [0.25, 0.3) is 11.1 Å². The lowest BCUT2D eigenvalue weighted by Crippen LogP contribution is -2.53. The van der Waals surface area contributed by atoms with E-state index in [1.165, 1.54) is 24.3 Å². The van der Waals surface area contributed by atoms with E-state index in [1.54, 1.807) is 11.8 Å². The number of thioether (sulfide) groups is 1. The molecule has 0 spiro atoms. The molecule has 0 fully saturated rings. The van der Waals surface area contributed by atoms with E-state index in [2.05, 4.69) is 11.4 Å². The molecular formula is C27H23F7N2O2S. The Morgan fingerprint density at radius 1 is 0.974 bits per heavy atom. The molecule has 1 atom stereocenters. The third-order valence-electron chi connectivity index (χ3n) is 6.74. The molecular weight excluding hydrogens is 549 g/mol. The average Bonchev–Trinajstić information content (AvgIpc) is 2.87. The van der Waals surface area contributed by atoms with E-state index in [9.17, 15) is 40.6 Å². The van der Waals surface area contributed by atoms with Crippen LogP contribution >= 0.6 is 11.8 Å². The lowest BCUT2D eigenvalue weighted by atomic mass is 9.90. The third kappa shape index (κ3) is 5.37. The molecule has 3 aromatic carbocycles. The Hall–Kier alpha value is -3.09. The second kappa shape index (κ2) is 10.5. The van der Waals surface area contributed by atoms with E-state index in [0.29, 0.717) is 18.3 Å². The van der Waals surface area contributed by atoms with Gasteiger partial charge in [0.05, 0.1) is 0 Å². The molecule has 0 radical (unpaired) electrons. The molecule has 1 aliphatic heterocycles. The number of hydrogen-bond donors (Lipinski definition) is 2. The summed E-state index contributed by atoms with van der Waals surface area (Å²) < 4.78 is 93.5. The number of hydrogen-bond acceptors (Lipinski definition) is 4. The van der Waals surface area contributed by atoms with Crippen molar-refractivity contribution in [3.63, 3.8) is 0 Å². The summed E-state index contributed by atoms with van der Waals surface area (Å²) in [5, 5.41) is 12.3. The molecule has 0 saturated carbocycles. The molecule has 208 valence electrons. The van der Waals surface area contributed by atoms with Gasteiger partial charge in [0.1, 0.15) is 11.9 Å². The highest BCUT2D eigenvalue weighted by molar-refractivity contribution is 7.98. The van der Waals surface area contributed by atoms with Crippen LogP contribution in [0.3, 0.4) is 0 Å². The molecule has 39 heavy (non-hydrogen) atoms. The number of alkyl halides is 6. The Morgan fingerprint density at radius 2 is 1.62 bits per heavy atom. The van der Waals surface area contributed by atoms with Gasteiger partial charge in [-0.2, -0.15) is 26.3 Å². The highest BCUT2D eigenvalue weighted by Gasteiger charge is 2.71. The van der Waals surface area contributed by atoms with E-state index in [4.69, 9.17) is 0 Å². The van der Waals surface area contributed by atoms with Gasteiger partial charge in [0.25, 0.3) is 5.60 Å². The summed E-state index contributed by atoms with van der Waals surface area (Å²) in [7, 11) is 1.84. The molecule has 12 heteroatoms. The molecule has 3 aromatic rings. The number of aliphatic hydroxyl groups is 1. The molecule has 4 nitrogen and oxygen atoms in total. The fourth-order valence-electron chi connectivity index (χ4n) is 4.60. The van der Waals surface area contributed by atoms with Gasteiger partial charge >= 0.3 is 12.4 Å². The van der Waals surface area contributed by atoms with Gasteiger partial charge in [-0.1, -0.05) is 30.3 Å². The van der Waals surface area contributed by atoms with Crippen LogP contribution in [0.2, 0.25) is 0 Å². The number of anilines is 1. The molecule has 0 bridgehead atoms. The topological polar surface area (TPSA) is 52.6 Å². The van der Waals surface area contributed by atoms with Crippen molar-refractivity contribution in [3.8, 4) is 11.1 Å². The zero-order valence-corrected chi connectivity index (χ0v) is 21.4. The van der Waals surface area contributed by atoms with Gasteiger partial charge < -0.3 is 10.4 Å². The Morgan fingerprint density at radius 3 is 2.18 bits per heavy atom. The van der Waals surface area contributed by atoms with Crippen LogP contribution in [0.5, 0.6) is 0 Å². The quantitative estimate of drug-likeness (QED) is 0.264. The Balaban J connectivity index is 1.56. The Labute approximate surface area is 223 Å². The number of carbonyl (C=O) groups excluding carboxylic acids is 1. The smallest absolute Gasteiger partial charge is 0.369 e. The van der Waals surface area contributed by atoms with Crippen molar-refractivity contribution in [2.45, 2.75) is 35.3 Å². The van der Waals surface area contributed by atoms with E-state index in [-0.39, 0.29) is 23.1 Å². The minimum atomic E-state index is -6.12. The minimum absolute atomic E-state index is 0.0187. The molecule has 0 saturated heterocycles. The summed E-state index contributed by atoms with van der Waals surface area (Å²) in [6, 6.07) is 12.2. The van der Waals surface area contributed by atoms with Crippen molar-refractivity contribution in [2.75, 3.05) is 25.2 Å². The number of nitrogens with zero attached hydrogens (tertiary/aromatic N) is 1. The monoisotopic (exact) mass is 572 g/mol. The van der Waals surface area contributed by atoms with Crippen LogP contribution in [0, 0.1) is 5.82 Å². The van der Waals surface area contributed by atoms with Gasteiger partial charge in [0.15, 0.2) is 0 Å². The first-order valence-corrected chi connectivity index (χ1v) is 12.8. The van der Waals surface area contributed by atoms with Crippen molar-refractivity contribution >= 4 is 23.4 Å². The maximum absolute atomic E-state index is 14.7. The minimum Gasteiger partial charge on any atom is -0.369 e. The van der Waals surface area contributed by atoms with Gasteiger partial charge in [-0.3, -0.25) is 9.69 Å². The van der Waals surface area contributed by atoms with Crippen LogP contribution in [0.4, 0.5) is 36.4 Å². The zero-order chi connectivity index (χ0) is 28.8. The summed E-state index contributed by atoms with van der Waals surface area (Å²) in [6.07, 6.45) is -9.48. The summed E-state index contributed by atoms with van der Waals surface area (Å²) in [5.41, 5.74) is -4.72. The molecule has 1 amide bonds. The van der Waals surface area contributed by atoms with Crippen molar-refractivity contribution in [2.24, 2.45) is 0 Å². The summed E-state index contributed by atoms with van der Waals surface area (Å²) in [4.78, 5) is 16.2. The number of nitrogens with one attached hydrogen (secondary N) is 1. The number of carbonyl (C=O) groups is 1. The standard InChI is InChI=1S/C27H23F7N2O2S/c1-36-12-11-16-13-19(39-2)8-10-21(16)23(36)24(37)35-18-6-3-15(4-7-18)20-9-5-17(14-22(20)28)25(38,26(29,30)31)27(32,33)34/h3-10,13-14,23,38H,11-12H2,1-2H3,(H,35,37). The van der Waals surface area contributed by atoms with Crippen molar-refractivity contribution in [1.29, 1.82) is 0 Å². The molecule has 2 N–H and O–H groups in total. The number of rotatable bonds is 5. The Bertz CT molecular complexity index is 1360. The largest absolute Gasteiger partial charge is 0.430 e. The second-order valence-corrected chi connectivity index (χ2v) is 10.0. The predicted octanol–water partition coefficient (Wildman–Crippen LogP) is 6.69. The summed E-state index contributed by atoms with van der Waals surface area (Å²) in [5.74, 6) is -1.68. The number of benzene rings is 3. The SMILES string of the molecule is CSc1ccc2c(c1)CCN(C)C2C(=O)Nc1ccc(-c2ccc(C(O)(C(F)(F)F)C(F)(F)F)cc2F)cc1. The molecule has 1 heterocycles. The van der Waals surface area contributed by atoms with E-state index in [1.807, 2.05) is 30.3 Å². The van der Waals surface area contributed by atoms with E-state index < -0.39 is 35.4 Å². The normalized spacial score (nSPS) is 16.6. The van der Waals surface area contributed by atoms with Gasteiger partial charge in [-0.05, 0) is 66.7 Å². The first-order chi connectivity index (χ1) is 18.2. The zero-order valence-electron chi connectivity index (χ0n) is 20.6. The number of likely N-dealkylation sites (N-methyl/N-ethyl adjacent to an activating group) is 1. The first-order valence-electron chi connectivity index (χ1n) is 11.6. The van der Waals surface area contributed by atoms with Crippen molar-refractivity contribution in [3.05, 3.63) is 83.2 Å². The van der Waals surface area contributed by atoms with Crippen LogP contribution in [-0.4, -0.2) is 48.1 Å². The lowest BCUT2D eigenvalue weighted by molar-refractivity contribution is -0.376. The maximum Gasteiger partial charge on any atom is 0.430 e.